The number of halogens is 2. The van der Waals surface area contributed by atoms with Gasteiger partial charge in [0.15, 0.2) is 0 Å². The fraction of sp³-hybridized carbons (Fsp3) is 0.333. The Balaban J connectivity index is 1.63. The van der Waals surface area contributed by atoms with E-state index in [1.54, 1.807) is 7.11 Å². The molecule has 0 spiro atoms. The summed E-state index contributed by atoms with van der Waals surface area (Å²) in [7, 11) is 1.65. The van der Waals surface area contributed by atoms with Crippen LogP contribution in [-0.2, 0) is 13.1 Å². The maximum atomic E-state index is 6.01. The van der Waals surface area contributed by atoms with Crippen LogP contribution in [0, 0.1) is 0 Å². The number of nitrogens with one attached hydrogen (secondary N) is 1. The molecule has 7 nitrogen and oxygen atoms in total. The van der Waals surface area contributed by atoms with Crippen molar-refractivity contribution in [2.24, 2.45) is 0 Å². The van der Waals surface area contributed by atoms with Crippen molar-refractivity contribution in [1.29, 1.82) is 0 Å². The topological polar surface area (TPSA) is 79.5 Å². The van der Waals surface area contributed by atoms with E-state index in [1.165, 1.54) is 0 Å². The molecule has 2 aromatic rings. The van der Waals surface area contributed by atoms with Crippen LogP contribution in [0.15, 0.2) is 33.4 Å². The van der Waals surface area contributed by atoms with Crippen molar-refractivity contribution in [1.82, 2.24) is 25.3 Å². The minimum atomic E-state index is 0.295. The van der Waals surface area contributed by atoms with Gasteiger partial charge in [-0.3, -0.25) is 4.90 Å². The van der Waals surface area contributed by atoms with E-state index < -0.39 is 0 Å². The number of rotatable bonds is 5. The molecule has 4 rings (SSSR count). The second-order valence-electron chi connectivity index (χ2n) is 6.47. The molecule has 0 radical (unpaired) electrons. The normalized spacial score (nSPS) is 16.2. The van der Waals surface area contributed by atoms with E-state index in [9.17, 15) is 0 Å². The SMILES string of the molecule is COc1cc(-c2nc(N)nc3c2CN(CCN2C=CCN2)C3)c(Br)cc1Br. The van der Waals surface area contributed by atoms with Crippen molar-refractivity contribution >= 4 is 37.8 Å². The first-order valence-electron chi connectivity index (χ1n) is 8.63. The Bertz CT molecular complexity index is 904. The molecule has 2 aliphatic heterocycles. The van der Waals surface area contributed by atoms with Crippen molar-refractivity contribution in [2.45, 2.75) is 13.1 Å². The van der Waals surface area contributed by atoms with Crippen LogP contribution in [0.4, 0.5) is 5.95 Å². The molecule has 3 heterocycles. The number of anilines is 1. The van der Waals surface area contributed by atoms with Crippen LogP contribution in [-0.4, -0.2) is 46.6 Å². The van der Waals surface area contributed by atoms with Crippen molar-refractivity contribution in [3.63, 3.8) is 0 Å². The van der Waals surface area contributed by atoms with Crippen LogP contribution in [0.25, 0.3) is 11.3 Å². The summed E-state index contributed by atoms with van der Waals surface area (Å²) in [6.45, 7) is 4.31. The molecule has 1 aromatic heterocycles. The average Bonchev–Trinajstić information content (AvgIpc) is 3.28. The lowest BCUT2D eigenvalue weighted by Crippen LogP contribution is -2.35. The Labute approximate surface area is 174 Å². The van der Waals surface area contributed by atoms with Gasteiger partial charge < -0.3 is 15.5 Å². The molecule has 0 amide bonds. The predicted molar refractivity (Wildman–Crippen MR) is 112 cm³/mol. The Kier molecular flexibility index (Phi) is 5.36. The van der Waals surface area contributed by atoms with E-state index in [0.717, 1.165) is 69.9 Å². The second kappa shape index (κ2) is 7.75. The third kappa shape index (κ3) is 3.82. The van der Waals surface area contributed by atoms with Crippen LogP contribution in [0.2, 0.25) is 0 Å². The summed E-state index contributed by atoms with van der Waals surface area (Å²) in [6, 6.07) is 3.94. The quantitative estimate of drug-likeness (QED) is 0.660. The number of hydrogen-bond acceptors (Lipinski definition) is 7. The summed E-state index contributed by atoms with van der Waals surface area (Å²) in [5, 5.41) is 2.11. The minimum absolute atomic E-state index is 0.295. The molecular weight excluding hydrogens is 476 g/mol. The highest BCUT2D eigenvalue weighted by Gasteiger charge is 2.27. The first-order valence-corrected chi connectivity index (χ1v) is 10.2. The van der Waals surface area contributed by atoms with Gasteiger partial charge in [-0.05, 0) is 28.1 Å². The highest BCUT2D eigenvalue weighted by molar-refractivity contribution is 9.11. The highest BCUT2D eigenvalue weighted by Crippen LogP contribution is 2.39. The summed E-state index contributed by atoms with van der Waals surface area (Å²) in [5.41, 5.74) is 13.2. The third-order valence-electron chi connectivity index (χ3n) is 4.72. The number of fused-ring (bicyclic) bond motifs is 1. The van der Waals surface area contributed by atoms with Crippen molar-refractivity contribution in [3.05, 3.63) is 44.6 Å². The lowest BCUT2D eigenvalue weighted by atomic mass is 10.1. The maximum absolute atomic E-state index is 6.01. The Morgan fingerprint density at radius 2 is 2.04 bits per heavy atom. The lowest BCUT2D eigenvalue weighted by molar-refractivity contribution is 0.218. The molecule has 0 saturated heterocycles. The first kappa shape index (κ1) is 18.7. The summed E-state index contributed by atoms with van der Waals surface area (Å²) < 4.78 is 7.27. The Hall–Kier alpha value is -1.68. The van der Waals surface area contributed by atoms with E-state index in [4.69, 9.17) is 10.5 Å². The highest BCUT2D eigenvalue weighted by atomic mass is 79.9. The van der Waals surface area contributed by atoms with Crippen LogP contribution in [0.5, 0.6) is 5.75 Å². The Morgan fingerprint density at radius 1 is 1.19 bits per heavy atom. The molecular formula is C18H20Br2N6O. The average molecular weight is 496 g/mol. The zero-order valence-corrected chi connectivity index (χ0v) is 18.0. The van der Waals surface area contributed by atoms with Crippen LogP contribution in [0.1, 0.15) is 11.3 Å². The van der Waals surface area contributed by atoms with Crippen molar-refractivity contribution in [2.75, 3.05) is 32.5 Å². The number of hydrazine groups is 1. The number of benzene rings is 1. The number of hydrogen-bond donors (Lipinski definition) is 2. The van der Waals surface area contributed by atoms with Crippen molar-refractivity contribution < 1.29 is 4.74 Å². The lowest BCUT2D eigenvalue weighted by Gasteiger charge is -2.20. The van der Waals surface area contributed by atoms with Crippen molar-refractivity contribution in [3.8, 4) is 17.0 Å². The molecule has 0 saturated carbocycles. The standard InChI is InChI=1S/C18H20Br2N6O/c1-27-16-7-11(13(19)8-14(16)20)17-12-9-25(5-6-26-4-2-3-22-26)10-15(12)23-18(21)24-17/h2,4,7-8,22H,3,5-6,9-10H2,1H3,(H2,21,23,24). The fourth-order valence-electron chi connectivity index (χ4n) is 3.39. The second-order valence-corrected chi connectivity index (χ2v) is 8.18. The summed E-state index contributed by atoms with van der Waals surface area (Å²) in [5.74, 6) is 1.05. The van der Waals surface area contributed by atoms with Crippen LogP contribution < -0.4 is 15.9 Å². The molecule has 2 aliphatic rings. The van der Waals surface area contributed by atoms with E-state index in [1.807, 2.05) is 12.1 Å². The first-order chi connectivity index (χ1) is 13.0. The fourth-order valence-corrected chi connectivity index (χ4v) is 4.73. The smallest absolute Gasteiger partial charge is 0.220 e. The maximum Gasteiger partial charge on any atom is 0.220 e. The molecule has 0 bridgehead atoms. The molecule has 0 atom stereocenters. The number of nitrogens with two attached hydrogens (primary N) is 1. The van der Waals surface area contributed by atoms with Gasteiger partial charge in [0.05, 0.1) is 23.0 Å². The van der Waals surface area contributed by atoms with E-state index in [0.29, 0.717) is 5.95 Å². The van der Waals surface area contributed by atoms with Crippen LogP contribution in [0.3, 0.4) is 0 Å². The van der Waals surface area contributed by atoms with Gasteiger partial charge in [-0.1, -0.05) is 22.0 Å². The van der Waals surface area contributed by atoms with Gasteiger partial charge >= 0.3 is 0 Å². The molecule has 0 unspecified atom stereocenters. The van der Waals surface area contributed by atoms with Crippen LogP contribution >= 0.6 is 31.9 Å². The number of methoxy groups -OCH3 is 1. The number of ether oxygens (including phenoxy) is 1. The zero-order chi connectivity index (χ0) is 19.0. The molecule has 1 aromatic carbocycles. The monoisotopic (exact) mass is 494 g/mol. The van der Waals surface area contributed by atoms with Gasteiger partial charge in [0, 0.05) is 54.5 Å². The number of nitrogens with zero attached hydrogens (tertiary/aromatic N) is 4. The summed E-state index contributed by atoms with van der Waals surface area (Å²) in [6.07, 6.45) is 4.19. The summed E-state index contributed by atoms with van der Waals surface area (Å²) >= 11 is 7.16. The molecule has 0 fully saturated rings. The molecule has 9 heteroatoms. The van der Waals surface area contributed by atoms with Gasteiger partial charge in [0.25, 0.3) is 0 Å². The number of aromatic nitrogens is 2. The van der Waals surface area contributed by atoms with E-state index in [-0.39, 0.29) is 0 Å². The van der Waals surface area contributed by atoms with E-state index in [2.05, 4.69) is 69.4 Å². The Morgan fingerprint density at radius 3 is 2.78 bits per heavy atom. The van der Waals surface area contributed by atoms with Gasteiger partial charge in [-0.15, -0.1) is 0 Å². The molecule has 142 valence electrons. The molecule has 27 heavy (non-hydrogen) atoms. The predicted octanol–water partition coefficient (Wildman–Crippen LogP) is 2.91. The number of nitrogen functional groups attached to an aromatic ring is 1. The van der Waals surface area contributed by atoms with Gasteiger partial charge in [0.1, 0.15) is 5.75 Å². The largest absolute Gasteiger partial charge is 0.496 e. The summed E-state index contributed by atoms with van der Waals surface area (Å²) in [4.78, 5) is 11.4. The third-order valence-corrected chi connectivity index (χ3v) is 5.99. The zero-order valence-electron chi connectivity index (χ0n) is 14.9. The minimum Gasteiger partial charge on any atom is -0.496 e. The molecule has 3 N–H and O–H groups in total. The van der Waals surface area contributed by atoms with Gasteiger partial charge in [-0.25, -0.2) is 15.4 Å². The van der Waals surface area contributed by atoms with Gasteiger partial charge in [0.2, 0.25) is 5.95 Å². The molecule has 0 aliphatic carbocycles. The van der Waals surface area contributed by atoms with E-state index >= 15 is 0 Å². The van der Waals surface area contributed by atoms with Gasteiger partial charge in [-0.2, -0.15) is 0 Å².